The number of hydrogen-bond donors (Lipinski definition) is 1. The lowest BCUT2D eigenvalue weighted by Crippen LogP contribution is -2.19. The maximum absolute atomic E-state index is 14.4. The topological polar surface area (TPSA) is 97.7 Å². The van der Waals surface area contributed by atoms with Crippen LogP contribution in [-0.4, -0.2) is 34.4 Å². The van der Waals surface area contributed by atoms with Gasteiger partial charge >= 0.3 is 7.60 Å². The van der Waals surface area contributed by atoms with E-state index in [9.17, 15) is 23.6 Å². The first-order valence-electron chi connectivity index (χ1n) is 11.5. The Morgan fingerprint density at radius 1 is 0.794 bits per heavy atom. The Hall–Kier alpha value is -1.84. The number of carbonyl (C=O) groups is 2. The quantitative estimate of drug-likeness (QED) is 0.353. The van der Waals surface area contributed by atoms with Gasteiger partial charge in [0, 0.05) is 17.3 Å². The lowest BCUT2D eigenvalue weighted by atomic mass is 10.0. The molecule has 0 aliphatic rings. The molecule has 0 aliphatic carbocycles. The minimum Gasteiger partial charge on any atom is -0.324 e. The number of rotatable bonds is 10. The molecule has 1 N–H and O–H groups in total. The van der Waals surface area contributed by atoms with Gasteiger partial charge in [0.25, 0.3) is 0 Å². The van der Waals surface area contributed by atoms with E-state index in [-0.39, 0.29) is 11.1 Å². The molecule has 0 aliphatic heterocycles. The number of benzene rings is 2. The van der Waals surface area contributed by atoms with Crippen molar-refractivity contribution in [1.82, 2.24) is 0 Å². The van der Waals surface area contributed by atoms with E-state index in [1.807, 2.05) is 20.8 Å². The van der Waals surface area contributed by atoms with E-state index < -0.39 is 44.2 Å². The Labute approximate surface area is 203 Å². The van der Waals surface area contributed by atoms with Crippen LogP contribution in [0.25, 0.3) is 0 Å². The smallest absolute Gasteiger partial charge is 0.324 e. The summed E-state index contributed by atoms with van der Waals surface area (Å²) >= 11 is 0. The van der Waals surface area contributed by atoms with E-state index in [4.69, 9.17) is 4.52 Å². The minimum atomic E-state index is -4.32. The van der Waals surface area contributed by atoms with Crippen molar-refractivity contribution in [2.24, 2.45) is 0 Å². The molecule has 0 amide bonds. The van der Waals surface area contributed by atoms with Gasteiger partial charge in [-0.15, -0.1) is 0 Å². The minimum absolute atomic E-state index is 0.236. The molecule has 186 valence electrons. The number of aryl methyl sites for hydroxylation is 6. The van der Waals surface area contributed by atoms with Crippen molar-refractivity contribution in [1.29, 1.82) is 0 Å². The fourth-order valence-electron chi connectivity index (χ4n) is 4.37. The Morgan fingerprint density at radius 3 is 1.47 bits per heavy atom. The highest BCUT2D eigenvalue weighted by Gasteiger charge is 2.44. The summed E-state index contributed by atoms with van der Waals surface area (Å²) in [6.45, 7) is 14.2. The SMILES string of the molecule is CCC(C)OP(=O)(O)CCP(=O)(C(=O)c1c(C)cc(C)cc1C)C(=O)c1c(C)cc(C)cc1C. The molecule has 34 heavy (non-hydrogen) atoms. The molecule has 8 heteroatoms. The number of hydrogen-bond acceptors (Lipinski definition) is 5. The summed E-state index contributed by atoms with van der Waals surface area (Å²) in [5, 5.41) is 0. The van der Waals surface area contributed by atoms with Crippen LogP contribution in [-0.2, 0) is 13.7 Å². The standard InChI is InChI=1S/C26H36O6P2/c1-9-22(8)32-34(30,31)11-10-33(29,25(27)23-18(4)12-16(2)13-19(23)5)26(28)24-20(6)14-17(3)15-21(24)7/h12-15,22H,9-11H2,1-8H3,(H,30,31). The van der Waals surface area contributed by atoms with Gasteiger partial charge in [-0.1, -0.05) is 42.3 Å². The van der Waals surface area contributed by atoms with Gasteiger partial charge in [-0.3, -0.25) is 14.2 Å². The lowest BCUT2D eigenvalue weighted by molar-refractivity contribution is 0.103. The molecular formula is C26H36O6P2. The highest BCUT2D eigenvalue weighted by molar-refractivity contribution is 7.95. The predicted octanol–water partition coefficient (Wildman–Crippen LogP) is 6.88. The normalized spacial score (nSPS) is 14.5. The zero-order chi connectivity index (χ0) is 26.0. The zero-order valence-corrected chi connectivity index (χ0v) is 23.2. The summed E-state index contributed by atoms with van der Waals surface area (Å²) in [4.78, 5) is 38.0. The monoisotopic (exact) mass is 506 g/mol. The van der Waals surface area contributed by atoms with Crippen LogP contribution in [0.5, 0.6) is 0 Å². The first-order chi connectivity index (χ1) is 15.6. The molecule has 0 aromatic heterocycles. The van der Waals surface area contributed by atoms with E-state index in [0.29, 0.717) is 28.7 Å². The molecule has 2 rings (SSSR count). The predicted molar refractivity (Wildman–Crippen MR) is 138 cm³/mol. The van der Waals surface area contributed by atoms with Gasteiger partial charge in [-0.05, 0) is 77.1 Å². The Morgan fingerprint density at radius 2 is 1.15 bits per heavy atom. The molecule has 0 heterocycles. The molecule has 2 unspecified atom stereocenters. The highest BCUT2D eigenvalue weighted by atomic mass is 31.2. The summed E-state index contributed by atoms with van der Waals surface area (Å²) < 4.78 is 32.3. The zero-order valence-electron chi connectivity index (χ0n) is 21.4. The fourth-order valence-corrected chi connectivity index (χ4v) is 9.34. The van der Waals surface area contributed by atoms with Gasteiger partial charge in [0.15, 0.2) is 0 Å². The molecule has 6 nitrogen and oxygen atoms in total. The van der Waals surface area contributed by atoms with E-state index >= 15 is 0 Å². The highest BCUT2D eigenvalue weighted by Crippen LogP contribution is 2.57. The van der Waals surface area contributed by atoms with Crippen LogP contribution >= 0.6 is 14.7 Å². The number of carbonyl (C=O) groups excluding carboxylic acids is 2. The summed E-state index contributed by atoms with van der Waals surface area (Å²) in [5.41, 5.74) is 3.31. The van der Waals surface area contributed by atoms with E-state index in [2.05, 4.69) is 0 Å². The van der Waals surface area contributed by atoms with Crippen molar-refractivity contribution < 1.29 is 28.1 Å². The first kappa shape index (κ1) is 28.4. The largest absolute Gasteiger partial charge is 0.328 e. The molecule has 2 aromatic carbocycles. The van der Waals surface area contributed by atoms with Crippen molar-refractivity contribution in [3.8, 4) is 0 Å². The van der Waals surface area contributed by atoms with E-state index in [1.165, 1.54) is 0 Å². The van der Waals surface area contributed by atoms with Crippen molar-refractivity contribution in [3.63, 3.8) is 0 Å². The first-order valence-corrected chi connectivity index (χ1v) is 15.1. The Bertz CT molecular complexity index is 1090. The molecule has 0 fully saturated rings. The van der Waals surface area contributed by atoms with Crippen molar-refractivity contribution in [3.05, 3.63) is 68.8 Å². The maximum Gasteiger partial charge on any atom is 0.328 e. The van der Waals surface area contributed by atoms with E-state index in [0.717, 1.165) is 11.1 Å². The van der Waals surface area contributed by atoms with Crippen molar-refractivity contribution in [2.45, 2.75) is 67.9 Å². The van der Waals surface area contributed by atoms with Crippen LogP contribution in [0.3, 0.4) is 0 Å². The molecule has 2 atom stereocenters. The van der Waals surface area contributed by atoms with Gasteiger partial charge < -0.3 is 14.0 Å². The van der Waals surface area contributed by atoms with Crippen molar-refractivity contribution >= 4 is 25.8 Å². The summed E-state index contributed by atoms with van der Waals surface area (Å²) in [6, 6.07) is 7.22. The molecule has 0 bridgehead atoms. The Kier molecular flexibility index (Phi) is 9.04. The average Bonchev–Trinajstić information content (AvgIpc) is 2.69. The Balaban J connectivity index is 2.64. The van der Waals surface area contributed by atoms with Crippen LogP contribution in [0.1, 0.15) is 74.4 Å². The van der Waals surface area contributed by atoms with Gasteiger partial charge in [-0.2, -0.15) is 0 Å². The third-order valence-corrected chi connectivity index (χ3v) is 10.5. The molecule has 0 saturated heterocycles. The summed E-state index contributed by atoms with van der Waals surface area (Å²) in [5.74, 6) is 0. The van der Waals surface area contributed by atoms with Gasteiger partial charge in [0.05, 0.1) is 12.3 Å². The molecular weight excluding hydrogens is 470 g/mol. The van der Waals surface area contributed by atoms with Crippen molar-refractivity contribution in [2.75, 3.05) is 12.3 Å². The van der Waals surface area contributed by atoms with Crippen LogP contribution in [0.15, 0.2) is 24.3 Å². The van der Waals surface area contributed by atoms with Gasteiger partial charge in [0.1, 0.15) is 0 Å². The molecule has 0 radical (unpaired) electrons. The average molecular weight is 507 g/mol. The second-order valence-corrected chi connectivity index (χ2v) is 14.0. The van der Waals surface area contributed by atoms with Gasteiger partial charge in [0.2, 0.25) is 18.2 Å². The molecule has 0 saturated carbocycles. The molecule has 0 spiro atoms. The molecule has 2 aromatic rings. The van der Waals surface area contributed by atoms with E-state index in [1.54, 1.807) is 58.9 Å². The third kappa shape index (κ3) is 6.23. The fraction of sp³-hybridized carbons (Fsp3) is 0.462. The second-order valence-electron chi connectivity index (χ2n) is 9.31. The van der Waals surface area contributed by atoms with Gasteiger partial charge in [-0.25, -0.2) is 0 Å². The van der Waals surface area contributed by atoms with Crippen LogP contribution < -0.4 is 0 Å². The van der Waals surface area contributed by atoms with Crippen LogP contribution in [0.4, 0.5) is 0 Å². The third-order valence-electron chi connectivity index (χ3n) is 6.05. The van der Waals surface area contributed by atoms with Crippen LogP contribution in [0.2, 0.25) is 0 Å². The van der Waals surface area contributed by atoms with Crippen LogP contribution in [0, 0.1) is 41.5 Å². The second kappa shape index (κ2) is 10.8. The summed E-state index contributed by atoms with van der Waals surface area (Å²) in [7, 11) is -8.49. The summed E-state index contributed by atoms with van der Waals surface area (Å²) in [6.07, 6.45) is -1.04. The maximum atomic E-state index is 14.4. The lowest BCUT2D eigenvalue weighted by Gasteiger charge is -2.23.